The van der Waals surface area contributed by atoms with E-state index in [1.54, 1.807) is 7.05 Å². The van der Waals surface area contributed by atoms with E-state index < -0.39 is 5.41 Å². The second-order valence-electron chi connectivity index (χ2n) is 6.05. The Balaban J connectivity index is 1.97. The molecule has 1 aromatic rings. The minimum atomic E-state index is -0.392. The van der Waals surface area contributed by atoms with Crippen LogP contribution in [0.25, 0.3) is 0 Å². The Morgan fingerprint density at radius 3 is 2.95 bits per heavy atom. The molecule has 2 rings (SSSR count). The highest BCUT2D eigenvalue weighted by Gasteiger charge is 2.26. The molecule has 110 valence electrons. The molecular weight excluding hydrogens is 250 g/mol. The predicted molar refractivity (Wildman–Crippen MR) is 82.8 cm³/mol. The van der Waals surface area contributed by atoms with Crippen LogP contribution in [0.3, 0.4) is 0 Å². The molecule has 0 spiro atoms. The van der Waals surface area contributed by atoms with Crippen molar-refractivity contribution in [1.29, 1.82) is 0 Å². The van der Waals surface area contributed by atoms with Gasteiger partial charge < -0.3 is 16.0 Å². The van der Waals surface area contributed by atoms with Gasteiger partial charge in [-0.25, -0.2) is 0 Å². The van der Waals surface area contributed by atoms with Crippen LogP contribution < -0.4 is 16.0 Å². The first kappa shape index (κ1) is 14.9. The Morgan fingerprint density at radius 1 is 1.40 bits per heavy atom. The summed E-state index contributed by atoms with van der Waals surface area (Å²) in [6.07, 6.45) is 2.35. The lowest BCUT2D eigenvalue weighted by molar-refractivity contribution is -0.128. The van der Waals surface area contributed by atoms with E-state index in [-0.39, 0.29) is 5.91 Å². The summed E-state index contributed by atoms with van der Waals surface area (Å²) in [6, 6.07) is 6.46. The summed E-state index contributed by atoms with van der Waals surface area (Å²) in [6.45, 7) is 6.41. The maximum atomic E-state index is 11.7. The van der Waals surface area contributed by atoms with Crippen LogP contribution >= 0.6 is 0 Å². The van der Waals surface area contributed by atoms with Crippen molar-refractivity contribution in [2.45, 2.75) is 33.2 Å². The first-order valence-corrected chi connectivity index (χ1v) is 7.32. The fourth-order valence-electron chi connectivity index (χ4n) is 2.66. The van der Waals surface area contributed by atoms with Crippen LogP contribution in [-0.4, -0.2) is 26.0 Å². The lowest BCUT2D eigenvalue weighted by Gasteiger charge is -2.25. The van der Waals surface area contributed by atoms with E-state index in [4.69, 9.17) is 0 Å². The summed E-state index contributed by atoms with van der Waals surface area (Å²) >= 11 is 0. The van der Waals surface area contributed by atoms with Gasteiger partial charge in [0.2, 0.25) is 5.91 Å². The van der Waals surface area contributed by atoms with E-state index >= 15 is 0 Å². The fraction of sp³-hybridized carbons (Fsp3) is 0.562. The lowest BCUT2D eigenvalue weighted by atomic mass is 9.92. The van der Waals surface area contributed by atoms with E-state index in [1.165, 1.54) is 23.2 Å². The molecular formula is C16H25N3O. The van der Waals surface area contributed by atoms with Gasteiger partial charge in [-0.15, -0.1) is 0 Å². The Bertz CT molecular complexity index is 483. The highest BCUT2D eigenvalue weighted by Crippen LogP contribution is 2.26. The van der Waals surface area contributed by atoms with Gasteiger partial charge in [0, 0.05) is 32.4 Å². The third kappa shape index (κ3) is 3.31. The number of anilines is 1. The van der Waals surface area contributed by atoms with Crippen LogP contribution in [0.2, 0.25) is 0 Å². The van der Waals surface area contributed by atoms with Crippen molar-refractivity contribution in [3.8, 4) is 0 Å². The molecule has 1 heterocycles. The Morgan fingerprint density at radius 2 is 2.20 bits per heavy atom. The maximum absolute atomic E-state index is 11.7. The number of para-hydroxylation sites is 1. The van der Waals surface area contributed by atoms with Crippen LogP contribution in [0.1, 0.15) is 31.4 Å². The zero-order valence-electron chi connectivity index (χ0n) is 12.7. The average Bonchev–Trinajstić information content (AvgIpc) is 2.46. The summed E-state index contributed by atoms with van der Waals surface area (Å²) in [4.78, 5) is 11.7. The number of carbonyl (C=O) groups is 1. The summed E-state index contributed by atoms with van der Waals surface area (Å²) < 4.78 is 0. The Hall–Kier alpha value is -1.55. The molecule has 0 aliphatic carbocycles. The summed E-state index contributed by atoms with van der Waals surface area (Å²) in [5.41, 5.74) is 3.58. The first-order valence-electron chi connectivity index (χ1n) is 7.32. The third-order valence-electron chi connectivity index (χ3n) is 3.89. The van der Waals surface area contributed by atoms with Crippen molar-refractivity contribution in [3.63, 3.8) is 0 Å². The minimum Gasteiger partial charge on any atom is -0.385 e. The van der Waals surface area contributed by atoms with Gasteiger partial charge in [0.15, 0.2) is 0 Å². The van der Waals surface area contributed by atoms with Crippen molar-refractivity contribution in [2.24, 2.45) is 5.41 Å². The molecule has 0 fully saturated rings. The molecule has 20 heavy (non-hydrogen) atoms. The third-order valence-corrected chi connectivity index (χ3v) is 3.89. The van der Waals surface area contributed by atoms with E-state index in [0.29, 0.717) is 6.54 Å². The molecule has 1 amide bonds. The molecule has 1 aromatic carbocycles. The van der Waals surface area contributed by atoms with Crippen LogP contribution in [0.5, 0.6) is 0 Å². The molecule has 1 aliphatic rings. The highest BCUT2D eigenvalue weighted by molar-refractivity contribution is 5.81. The second-order valence-corrected chi connectivity index (χ2v) is 6.05. The largest absolute Gasteiger partial charge is 0.385 e. The minimum absolute atomic E-state index is 0.0678. The number of fused-ring (bicyclic) bond motifs is 1. The average molecular weight is 275 g/mol. The van der Waals surface area contributed by atoms with E-state index in [9.17, 15) is 4.79 Å². The molecule has 4 nitrogen and oxygen atoms in total. The van der Waals surface area contributed by atoms with Gasteiger partial charge in [0.05, 0.1) is 5.41 Å². The normalized spacial score (nSPS) is 14.3. The van der Waals surface area contributed by atoms with Crippen LogP contribution in [0.15, 0.2) is 18.2 Å². The summed E-state index contributed by atoms with van der Waals surface area (Å²) in [5.74, 6) is 0.0678. The van der Waals surface area contributed by atoms with Gasteiger partial charge in [-0.1, -0.05) is 18.2 Å². The first-order chi connectivity index (χ1) is 9.54. The van der Waals surface area contributed by atoms with Crippen molar-refractivity contribution in [2.75, 3.05) is 25.5 Å². The summed E-state index contributed by atoms with van der Waals surface area (Å²) in [7, 11) is 1.68. The van der Waals surface area contributed by atoms with E-state index in [2.05, 4.69) is 34.1 Å². The van der Waals surface area contributed by atoms with Gasteiger partial charge in [-0.3, -0.25) is 4.79 Å². The number of aryl methyl sites for hydroxylation is 1. The van der Waals surface area contributed by atoms with Crippen LogP contribution in [0.4, 0.5) is 5.69 Å². The fourth-order valence-corrected chi connectivity index (χ4v) is 2.66. The highest BCUT2D eigenvalue weighted by atomic mass is 16.2. The smallest absolute Gasteiger partial charge is 0.226 e. The molecule has 0 bridgehead atoms. The number of hydrogen-bond acceptors (Lipinski definition) is 3. The molecule has 4 heteroatoms. The van der Waals surface area contributed by atoms with Crippen LogP contribution in [-0.2, 0) is 17.8 Å². The SMILES string of the molecule is CNC(=O)C(C)(C)CNCc1cccc2c1NCCC2. The van der Waals surface area contributed by atoms with Crippen molar-refractivity contribution in [1.82, 2.24) is 10.6 Å². The predicted octanol–water partition coefficient (Wildman–Crippen LogP) is 1.91. The van der Waals surface area contributed by atoms with Crippen molar-refractivity contribution < 1.29 is 4.79 Å². The number of carbonyl (C=O) groups excluding carboxylic acids is 1. The molecule has 3 N–H and O–H groups in total. The number of amides is 1. The second kappa shape index (κ2) is 6.27. The maximum Gasteiger partial charge on any atom is 0.226 e. The quantitative estimate of drug-likeness (QED) is 0.769. The molecule has 0 atom stereocenters. The molecule has 0 saturated heterocycles. The van der Waals surface area contributed by atoms with Crippen molar-refractivity contribution >= 4 is 11.6 Å². The molecule has 0 saturated carbocycles. The lowest BCUT2D eigenvalue weighted by Crippen LogP contribution is -2.41. The number of rotatable bonds is 5. The number of benzene rings is 1. The summed E-state index contributed by atoms with van der Waals surface area (Å²) in [5, 5.41) is 9.61. The number of nitrogens with one attached hydrogen (secondary N) is 3. The Labute approximate surface area is 121 Å². The van der Waals surface area contributed by atoms with Crippen molar-refractivity contribution in [3.05, 3.63) is 29.3 Å². The van der Waals surface area contributed by atoms with E-state index in [1.807, 2.05) is 13.8 Å². The standard InChI is InChI=1S/C16H25N3O/c1-16(2,15(20)17-3)11-18-10-13-7-4-6-12-8-5-9-19-14(12)13/h4,6-7,18-19H,5,8-11H2,1-3H3,(H,17,20). The van der Waals surface area contributed by atoms with Crippen LogP contribution in [0, 0.1) is 5.41 Å². The van der Waals surface area contributed by atoms with Gasteiger partial charge in [0.25, 0.3) is 0 Å². The molecule has 0 aromatic heterocycles. The topological polar surface area (TPSA) is 53.2 Å². The zero-order chi connectivity index (χ0) is 14.6. The van der Waals surface area contributed by atoms with Gasteiger partial charge in [-0.2, -0.15) is 0 Å². The zero-order valence-corrected chi connectivity index (χ0v) is 12.7. The molecule has 0 radical (unpaired) electrons. The van der Waals surface area contributed by atoms with E-state index in [0.717, 1.165) is 19.5 Å². The van der Waals surface area contributed by atoms with Gasteiger partial charge in [0.1, 0.15) is 0 Å². The molecule has 0 unspecified atom stereocenters. The molecule has 1 aliphatic heterocycles. The van der Waals surface area contributed by atoms with Gasteiger partial charge >= 0.3 is 0 Å². The monoisotopic (exact) mass is 275 g/mol. The number of hydrogen-bond donors (Lipinski definition) is 3. The Kier molecular flexibility index (Phi) is 4.65. The van der Waals surface area contributed by atoms with Gasteiger partial charge in [-0.05, 0) is 37.8 Å².